The van der Waals surface area contributed by atoms with E-state index in [1.165, 1.54) is 23.5 Å². The first-order chi connectivity index (χ1) is 12.7. The van der Waals surface area contributed by atoms with Gasteiger partial charge in [-0.3, -0.25) is 0 Å². The Morgan fingerprint density at radius 1 is 1.12 bits per heavy atom. The van der Waals surface area contributed by atoms with Crippen molar-refractivity contribution in [1.29, 1.82) is 0 Å². The molecule has 4 rings (SSSR count). The van der Waals surface area contributed by atoms with Crippen LogP contribution < -0.4 is 5.32 Å². The Morgan fingerprint density at radius 2 is 1.96 bits per heavy atom. The molecule has 7 heteroatoms. The normalized spacial score (nSPS) is 11.3. The monoisotopic (exact) mass is 382 g/mol. The highest BCUT2D eigenvalue weighted by atomic mass is 35.5. The van der Waals surface area contributed by atoms with Crippen molar-refractivity contribution in [1.82, 2.24) is 9.97 Å². The van der Waals surface area contributed by atoms with Crippen molar-refractivity contribution in [3.8, 4) is 0 Å². The van der Waals surface area contributed by atoms with Gasteiger partial charge in [0.1, 0.15) is 16.5 Å². The molecular weight excluding hydrogens is 371 g/mol. The van der Waals surface area contributed by atoms with E-state index in [1.807, 2.05) is 24.3 Å². The molecule has 0 amide bonds. The summed E-state index contributed by atoms with van der Waals surface area (Å²) in [6.45, 7) is 0. The molecule has 4 aromatic rings. The van der Waals surface area contributed by atoms with Gasteiger partial charge in [-0.25, -0.2) is 19.4 Å². The first kappa shape index (κ1) is 16.6. The van der Waals surface area contributed by atoms with Crippen molar-refractivity contribution in [3.05, 3.63) is 76.6 Å². The molecule has 0 unspecified atom stereocenters. The van der Waals surface area contributed by atoms with Crippen molar-refractivity contribution in [2.24, 2.45) is 4.99 Å². The van der Waals surface area contributed by atoms with Crippen molar-refractivity contribution < 1.29 is 4.39 Å². The lowest BCUT2D eigenvalue weighted by Crippen LogP contribution is -1.93. The zero-order valence-corrected chi connectivity index (χ0v) is 14.9. The fraction of sp³-hybridized carbons (Fsp3) is 0. The summed E-state index contributed by atoms with van der Waals surface area (Å²) in [5.74, 6) is 0.297. The molecule has 2 heterocycles. The van der Waals surface area contributed by atoms with E-state index in [4.69, 9.17) is 11.6 Å². The quantitative estimate of drug-likeness (QED) is 0.442. The van der Waals surface area contributed by atoms with Crippen LogP contribution in [0.5, 0.6) is 0 Å². The van der Waals surface area contributed by atoms with E-state index in [1.54, 1.807) is 30.6 Å². The topological polar surface area (TPSA) is 50.2 Å². The molecule has 0 saturated carbocycles. The summed E-state index contributed by atoms with van der Waals surface area (Å²) in [4.78, 5) is 13.3. The second-order valence-electron chi connectivity index (χ2n) is 5.43. The Labute approximate surface area is 158 Å². The van der Waals surface area contributed by atoms with Crippen LogP contribution in [0.15, 0.2) is 65.8 Å². The zero-order valence-electron chi connectivity index (χ0n) is 13.4. The number of aliphatic imine (C=N–C) groups is 1. The van der Waals surface area contributed by atoms with E-state index in [9.17, 15) is 4.39 Å². The van der Waals surface area contributed by atoms with Crippen LogP contribution >= 0.6 is 22.9 Å². The third-order valence-electron chi connectivity index (χ3n) is 3.57. The number of rotatable bonds is 4. The van der Waals surface area contributed by atoms with Crippen molar-refractivity contribution in [3.63, 3.8) is 0 Å². The number of halogens is 2. The van der Waals surface area contributed by atoms with Gasteiger partial charge >= 0.3 is 0 Å². The number of nitrogens with zero attached hydrogens (tertiary/aromatic N) is 3. The number of hydrogen-bond donors (Lipinski definition) is 1. The van der Waals surface area contributed by atoms with E-state index < -0.39 is 0 Å². The molecule has 0 bridgehead atoms. The van der Waals surface area contributed by atoms with Crippen LogP contribution in [0.4, 0.5) is 21.6 Å². The molecule has 4 nitrogen and oxygen atoms in total. The highest BCUT2D eigenvalue weighted by Crippen LogP contribution is 2.27. The van der Waals surface area contributed by atoms with E-state index in [0.29, 0.717) is 16.5 Å². The molecule has 0 aliphatic heterocycles. The number of aromatic nitrogens is 2. The second-order valence-corrected chi connectivity index (χ2v) is 6.92. The lowest BCUT2D eigenvalue weighted by molar-refractivity contribution is 0.628. The summed E-state index contributed by atoms with van der Waals surface area (Å²) in [5, 5.41) is 4.60. The van der Waals surface area contributed by atoms with Gasteiger partial charge in [-0.1, -0.05) is 11.6 Å². The van der Waals surface area contributed by atoms with E-state index >= 15 is 0 Å². The molecule has 0 saturated heterocycles. The molecular formula is C19H12ClFN4S. The van der Waals surface area contributed by atoms with E-state index in [0.717, 1.165) is 20.9 Å². The molecule has 0 spiro atoms. The molecule has 2 aromatic heterocycles. The first-order valence-electron chi connectivity index (χ1n) is 7.75. The van der Waals surface area contributed by atoms with Gasteiger partial charge in [0, 0.05) is 16.9 Å². The maximum Gasteiger partial charge on any atom is 0.156 e. The number of thiazole rings is 1. The second kappa shape index (κ2) is 7.19. The largest absolute Gasteiger partial charge is 0.338 e. The van der Waals surface area contributed by atoms with Gasteiger partial charge in [0.25, 0.3) is 0 Å². The number of hydrogen-bond acceptors (Lipinski definition) is 5. The van der Waals surface area contributed by atoms with Crippen LogP contribution in [-0.2, 0) is 0 Å². The maximum atomic E-state index is 13.0. The minimum atomic E-state index is -0.286. The molecule has 2 aromatic carbocycles. The van der Waals surface area contributed by atoms with Gasteiger partial charge < -0.3 is 5.32 Å². The number of anilines is 2. The van der Waals surface area contributed by atoms with Crippen LogP contribution in [0, 0.1) is 5.82 Å². The molecule has 0 aliphatic carbocycles. The Hall–Kier alpha value is -2.83. The van der Waals surface area contributed by atoms with Gasteiger partial charge in [-0.05, 0) is 54.6 Å². The molecule has 0 atom stereocenters. The summed E-state index contributed by atoms with van der Waals surface area (Å²) < 4.78 is 14.1. The van der Waals surface area contributed by atoms with Gasteiger partial charge in [0.05, 0.1) is 16.4 Å². The molecule has 128 valence electrons. The average molecular weight is 383 g/mol. The maximum absolute atomic E-state index is 13.0. The number of benzene rings is 2. The standard InChI is InChI=1S/C19H12ClFN4S/c20-12-3-8-15-17(10-12)26-18(25-15)11-23-16-2-1-9-22-19(16)24-14-6-4-13(21)5-7-14/h1-11H,(H,22,24). The van der Waals surface area contributed by atoms with Gasteiger partial charge in [-0.2, -0.15) is 0 Å². The van der Waals surface area contributed by atoms with Gasteiger partial charge in [-0.15, -0.1) is 11.3 Å². The molecule has 0 radical (unpaired) electrons. The van der Waals surface area contributed by atoms with E-state index in [-0.39, 0.29) is 5.82 Å². The predicted molar refractivity (Wildman–Crippen MR) is 106 cm³/mol. The Bertz CT molecular complexity index is 1090. The van der Waals surface area contributed by atoms with Crippen molar-refractivity contribution >= 4 is 56.6 Å². The van der Waals surface area contributed by atoms with Crippen molar-refractivity contribution in [2.75, 3.05) is 5.32 Å². The molecule has 1 N–H and O–H groups in total. The molecule has 0 aliphatic rings. The fourth-order valence-corrected chi connectivity index (χ4v) is 3.48. The van der Waals surface area contributed by atoms with Crippen LogP contribution in [0.3, 0.4) is 0 Å². The highest BCUT2D eigenvalue weighted by Gasteiger charge is 2.05. The molecule has 0 fully saturated rings. The smallest absolute Gasteiger partial charge is 0.156 e. The van der Waals surface area contributed by atoms with Crippen LogP contribution in [0.2, 0.25) is 5.02 Å². The summed E-state index contributed by atoms with van der Waals surface area (Å²) >= 11 is 7.53. The Morgan fingerprint density at radius 3 is 2.81 bits per heavy atom. The highest BCUT2D eigenvalue weighted by molar-refractivity contribution is 7.20. The number of fused-ring (bicyclic) bond motifs is 1. The minimum Gasteiger partial charge on any atom is -0.338 e. The van der Waals surface area contributed by atoms with Gasteiger partial charge in [0.15, 0.2) is 5.82 Å². The third kappa shape index (κ3) is 3.71. The first-order valence-corrected chi connectivity index (χ1v) is 8.94. The molecule has 26 heavy (non-hydrogen) atoms. The summed E-state index contributed by atoms with van der Waals surface area (Å²) in [5.41, 5.74) is 2.28. The number of nitrogens with one attached hydrogen (secondary N) is 1. The summed E-state index contributed by atoms with van der Waals surface area (Å²) in [6, 6.07) is 15.3. The van der Waals surface area contributed by atoms with E-state index in [2.05, 4.69) is 20.3 Å². The predicted octanol–water partition coefficient (Wildman–Crippen LogP) is 5.98. The fourth-order valence-electron chi connectivity index (χ4n) is 2.36. The lowest BCUT2D eigenvalue weighted by atomic mass is 10.3. The average Bonchev–Trinajstić information content (AvgIpc) is 3.05. The lowest BCUT2D eigenvalue weighted by Gasteiger charge is -2.07. The van der Waals surface area contributed by atoms with Crippen molar-refractivity contribution in [2.45, 2.75) is 0 Å². The summed E-state index contributed by atoms with van der Waals surface area (Å²) in [7, 11) is 0. The summed E-state index contributed by atoms with van der Waals surface area (Å²) in [6.07, 6.45) is 3.37. The van der Waals surface area contributed by atoms with Crippen LogP contribution in [0.25, 0.3) is 10.2 Å². The van der Waals surface area contributed by atoms with Gasteiger partial charge in [0.2, 0.25) is 0 Å². The number of pyridine rings is 1. The van der Waals surface area contributed by atoms with Crippen LogP contribution in [0.1, 0.15) is 5.01 Å². The Balaban J connectivity index is 1.60. The Kier molecular flexibility index (Phi) is 4.60. The zero-order chi connectivity index (χ0) is 17.9. The third-order valence-corrected chi connectivity index (χ3v) is 4.76. The minimum absolute atomic E-state index is 0.286. The van der Waals surface area contributed by atoms with Crippen LogP contribution in [-0.4, -0.2) is 16.2 Å². The SMILES string of the molecule is Fc1ccc(Nc2ncccc2N=Cc2nc3ccc(Cl)cc3s2)cc1.